The van der Waals surface area contributed by atoms with Gasteiger partial charge in [-0.2, -0.15) is 20.5 Å². The van der Waals surface area contributed by atoms with Crippen LogP contribution in [0.5, 0.6) is 11.5 Å². The van der Waals surface area contributed by atoms with Crippen LogP contribution < -0.4 is 30.7 Å². The molecule has 0 aliphatic carbocycles. The van der Waals surface area contributed by atoms with Gasteiger partial charge in [0.1, 0.15) is 11.5 Å². The third-order valence-electron chi connectivity index (χ3n) is 10.00. The van der Waals surface area contributed by atoms with Crippen molar-refractivity contribution in [1.82, 2.24) is 0 Å². The fourth-order valence-corrected chi connectivity index (χ4v) is 7.56. The number of azo groups is 2. The van der Waals surface area contributed by atoms with E-state index in [0.717, 1.165) is 13.8 Å². The molecule has 4 unspecified atom stereocenters. The summed E-state index contributed by atoms with van der Waals surface area (Å²) in [5, 5.41) is 26.4. The molecule has 5 aromatic rings. The van der Waals surface area contributed by atoms with Crippen LogP contribution in [-0.4, -0.2) is 67.4 Å². The van der Waals surface area contributed by atoms with Gasteiger partial charge in [-0.3, -0.25) is 28.8 Å². The van der Waals surface area contributed by atoms with Gasteiger partial charge in [0, 0.05) is 49.8 Å². The minimum Gasteiger partial charge on any atom is -0.497 e. The van der Waals surface area contributed by atoms with Crippen molar-refractivity contribution in [3.05, 3.63) is 129 Å². The Hall–Kier alpha value is -6.43. The van der Waals surface area contributed by atoms with Gasteiger partial charge in [0.25, 0.3) is 23.6 Å². The fourth-order valence-electron chi connectivity index (χ4n) is 6.54. The molecule has 0 fully saturated rings. The number of alkyl halides is 3. The second-order valence-electron chi connectivity index (χ2n) is 15.2. The zero-order valence-electron chi connectivity index (χ0n) is 37.8. The van der Waals surface area contributed by atoms with E-state index in [9.17, 15) is 28.8 Å². The van der Waals surface area contributed by atoms with Crippen molar-refractivity contribution in [2.24, 2.45) is 20.5 Å². The summed E-state index contributed by atoms with van der Waals surface area (Å²) >= 11 is 31.5. The summed E-state index contributed by atoms with van der Waals surface area (Å²) in [7, 11) is 3.03. The number of carbonyl (C=O) groups excluding carboxylic acids is 6. The van der Waals surface area contributed by atoms with Gasteiger partial charge in [-0.25, -0.2) is 0 Å². The molecule has 21 heteroatoms. The zero-order chi connectivity index (χ0) is 50.5. The molecular weight excluding hydrogens is 994 g/mol. The maximum absolute atomic E-state index is 13.5. The van der Waals surface area contributed by atoms with E-state index < -0.39 is 58.0 Å². The van der Waals surface area contributed by atoms with Crippen LogP contribution in [-0.2, 0) is 25.6 Å². The van der Waals surface area contributed by atoms with Crippen LogP contribution in [0.3, 0.4) is 0 Å². The lowest BCUT2D eigenvalue weighted by atomic mass is 10.1. The lowest BCUT2D eigenvalue weighted by Crippen LogP contribution is -2.32. The van der Waals surface area contributed by atoms with Crippen LogP contribution in [0.1, 0.15) is 75.9 Å². The second kappa shape index (κ2) is 24.7. The molecule has 5 rings (SSSR count). The topological polar surface area (TPSA) is 218 Å². The number of hydrogen-bond acceptors (Lipinski definition) is 12. The zero-order valence-corrected chi connectivity index (χ0v) is 41.6. The van der Waals surface area contributed by atoms with Gasteiger partial charge in [0.05, 0.1) is 36.3 Å². The molecule has 69 heavy (non-hydrogen) atoms. The first kappa shape index (κ1) is 53.5. The molecule has 360 valence electrons. The maximum Gasteiger partial charge on any atom is 0.258 e. The van der Waals surface area contributed by atoms with Crippen molar-refractivity contribution >= 4 is 127 Å². The fraction of sp³-hybridized carbons (Fsp3) is 0.250. The summed E-state index contributed by atoms with van der Waals surface area (Å²) in [5.41, 5.74) is 3.44. The van der Waals surface area contributed by atoms with Gasteiger partial charge < -0.3 is 30.7 Å². The third kappa shape index (κ3) is 14.8. The number of hydrogen-bond donors (Lipinski definition) is 4. The number of Topliss-reactive ketones (excluding diaryl/α,β-unsaturated/α-hetero) is 2. The third-order valence-corrected chi connectivity index (χ3v) is 11.1. The lowest BCUT2D eigenvalue weighted by molar-refractivity contribution is -0.127. The van der Waals surface area contributed by atoms with E-state index in [1.807, 2.05) is 0 Å². The number of ether oxygens (including phenoxy) is 2. The van der Waals surface area contributed by atoms with E-state index in [0.29, 0.717) is 39.6 Å². The molecule has 0 spiro atoms. The summed E-state index contributed by atoms with van der Waals surface area (Å²) in [5.74, 6) is -2.83. The lowest BCUT2D eigenvalue weighted by Gasteiger charge is -2.16. The van der Waals surface area contributed by atoms with Gasteiger partial charge in [-0.05, 0) is 142 Å². The summed E-state index contributed by atoms with van der Waals surface area (Å²) in [6.07, 6.45) is 0.202. The molecule has 4 N–H and O–H groups in total. The Morgan fingerprint density at radius 2 is 1.00 bits per heavy atom. The van der Waals surface area contributed by atoms with E-state index in [2.05, 4.69) is 41.7 Å². The number of carbonyl (C=O) groups is 6. The normalized spacial score (nSPS) is 13.0. The van der Waals surface area contributed by atoms with Crippen molar-refractivity contribution in [2.75, 3.05) is 41.4 Å². The van der Waals surface area contributed by atoms with Crippen molar-refractivity contribution in [2.45, 2.75) is 57.0 Å². The van der Waals surface area contributed by atoms with Gasteiger partial charge in [-0.1, -0.05) is 23.2 Å². The van der Waals surface area contributed by atoms with E-state index in [4.69, 9.17) is 67.5 Å². The van der Waals surface area contributed by atoms with E-state index in [-0.39, 0.29) is 56.2 Å². The maximum atomic E-state index is 13.5. The molecule has 4 atom stereocenters. The van der Waals surface area contributed by atoms with E-state index >= 15 is 0 Å². The number of benzene rings is 5. The first-order valence-electron chi connectivity index (χ1n) is 20.8. The highest BCUT2D eigenvalue weighted by molar-refractivity contribution is 6.32. The number of methoxy groups -OCH3 is 2. The van der Waals surface area contributed by atoms with Crippen LogP contribution in [0.4, 0.5) is 34.1 Å². The van der Waals surface area contributed by atoms with Crippen molar-refractivity contribution in [3.8, 4) is 11.5 Å². The predicted octanol–water partition coefficient (Wildman–Crippen LogP) is 12.3. The van der Waals surface area contributed by atoms with Crippen LogP contribution in [0.25, 0.3) is 0 Å². The first-order chi connectivity index (χ1) is 32.8. The second-order valence-corrected chi connectivity index (χ2v) is 17.7. The number of amides is 4. The van der Waals surface area contributed by atoms with Crippen molar-refractivity contribution < 1.29 is 38.2 Å². The molecule has 0 heterocycles. The monoisotopic (exact) mass is 1040 g/mol. The molecule has 0 radical (unpaired) electrons. The van der Waals surface area contributed by atoms with Crippen molar-refractivity contribution in [3.63, 3.8) is 0 Å². The largest absolute Gasteiger partial charge is 0.497 e. The van der Waals surface area contributed by atoms with Crippen LogP contribution in [0.2, 0.25) is 10.0 Å². The molecule has 0 saturated heterocycles. The number of ketones is 2. The summed E-state index contributed by atoms with van der Waals surface area (Å²) < 4.78 is 10.5. The molecule has 4 amide bonds. The van der Waals surface area contributed by atoms with Crippen molar-refractivity contribution in [1.29, 1.82) is 0 Å². The number of rotatable bonds is 20. The molecule has 16 nitrogen and oxygen atoms in total. The minimum absolute atomic E-state index is 0.0837. The number of nitrogens with one attached hydrogen (secondary N) is 4. The van der Waals surface area contributed by atoms with Gasteiger partial charge >= 0.3 is 0 Å². The molecular formula is C48H45Cl5N8O8. The smallest absolute Gasteiger partial charge is 0.258 e. The average molecular weight is 1040 g/mol. The highest BCUT2D eigenvalue weighted by atomic mass is 35.5. The minimum atomic E-state index is -1.62. The molecule has 0 bridgehead atoms. The summed E-state index contributed by atoms with van der Waals surface area (Å²) in [4.78, 5) is 79.1. The average Bonchev–Trinajstić information content (AvgIpc) is 3.29. The van der Waals surface area contributed by atoms with Crippen LogP contribution >= 0.6 is 58.0 Å². The summed E-state index contributed by atoms with van der Waals surface area (Å²) in [6.45, 7) is 5.82. The first-order valence-corrected chi connectivity index (χ1v) is 23.0. The molecule has 0 aromatic heterocycles. The summed E-state index contributed by atoms with van der Waals surface area (Å²) in [6, 6.07) is 19.7. The standard InChI is InChI=1S/C48H45Cl5N8O8/c1-24(50)38-22-36(68-5)8-11-41(38)56-45(64)29-15-31(52)20-34(18-29)58-60-43(26(3)62)47(66)54-33-7-10-40(28(17-33)13-14-49)55-48(67)44(27(4)63)61-59-35-19-30(16-32(53)21-35)46(65)57-42-12-9-37(69-6)23-39(42)25(2)51/h7-12,15-25,43-44H,13-14H2,1-6H3,(H,54,66)(H,55,67)(H,56,64)(H,57,65). The predicted molar refractivity (Wildman–Crippen MR) is 269 cm³/mol. The Labute approximate surface area is 422 Å². The molecule has 5 aromatic carbocycles. The van der Waals surface area contributed by atoms with Gasteiger partial charge in [0.15, 0.2) is 11.6 Å². The number of aryl methyl sites for hydroxylation is 1. The van der Waals surface area contributed by atoms with E-state index in [1.165, 1.54) is 68.8 Å². The highest BCUT2D eigenvalue weighted by Gasteiger charge is 2.26. The Kier molecular flexibility index (Phi) is 19.2. The van der Waals surface area contributed by atoms with Crippen LogP contribution in [0.15, 0.2) is 111 Å². The molecule has 0 aliphatic rings. The number of nitrogens with zero attached hydrogens (tertiary/aromatic N) is 4. The Morgan fingerprint density at radius 3 is 1.41 bits per heavy atom. The van der Waals surface area contributed by atoms with E-state index in [1.54, 1.807) is 50.2 Å². The SMILES string of the molecule is COc1ccc(NC(=O)c2cc(Cl)cc(N=NC(C(C)=O)C(=O)Nc3ccc(NC(=O)C(N=Nc4cc(Cl)cc(C(=O)Nc5ccc(OC)cc5C(C)Cl)c4)C(C)=O)c(CCCl)c3)c2)c(C(C)Cl)c1. The number of halogens is 5. The highest BCUT2D eigenvalue weighted by Crippen LogP contribution is 2.34. The van der Waals surface area contributed by atoms with Crippen LogP contribution in [0, 0.1) is 0 Å². The number of anilines is 4. The van der Waals surface area contributed by atoms with Gasteiger partial charge in [-0.15, -0.1) is 34.8 Å². The molecule has 0 saturated carbocycles. The van der Waals surface area contributed by atoms with Gasteiger partial charge in [0.2, 0.25) is 12.1 Å². The Balaban J connectivity index is 1.28. The Bertz CT molecular complexity index is 2840. The Morgan fingerprint density at radius 1 is 0.565 bits per heavy atom. The molecule has 0 aliphatic heterocycles. The quantitative estimate of drug-likeness (QED) is 0.0333.